The van der Waals surface area contributed by atoms with E-state index < -0.39 is 29.9 Å². The molecule has 2 aromatic carbocycles. The number of carboxylic acids is 2. The van der Waals surface area contributed by atoms with Crippen molar-refractivity contribution in [2.24, 2.45) is 0 Å². The summed E-state index contributed by atoms with van der Waals surface area (Å²) in [6.45, 7) is 0. The van der Waals surface area contributed by atoms with Gasteiger partial charge in [0.15, 0.2) is 0 Å². The molecule has 0 aliphatic rings. The van der Waals surface area contributed by atoms with Crippen LogP contribution in [0.1, 0.15) is 11.1 Å². The standard InChI is InChI=1S/2C9H7O2.Pd/c2*10-9(11)7-6-8-4-2-1-3-5-8;/h2*1-6H,(H,10,11);. The van der Waals surface area contributed by atoms with E-state index in [0.717, 1.165) is 11.1 Å². The molecule has 0 fully saturated rings. The fourth-order valence-corrected chi connectivity index (χ4v) is 3.23. The van der Waals surface area contributed by atoms with Crippen LogP contribution in [0.3, 0.4) is 0 Å². The van der Waals surface area contributed by atoms with Crippen LogP contribution in [-0.2, 0) is 27.6 Å². The van der Waals surface area contributed by atoms with Crippen LogP contribution in [0.5, 0.6) is 0 Å². The van der Waals surface area contributed by atoms with Gasteiger partial charge in [0.25, 0.3) is 0 Å². The molecule has 0 aromatic heterocycles. The fraction of sp³-hybridized carbons (Fsp3) is 0. The van der Waals surface area contributed by atoms with Gasteiger partial charge in [-0.05, 0) is 0 Å². The Morgan fingerprint density at radius 3 is 1.35 bits per heavy atom. The van der Waals surface area contributed by atoms with E-state index in [4.69, 9.17) is 0 Å². The predicted octanol–water partition coefficient (Wildman–Crippen LogP) is 3.32. The molecule has 2 rings (SSSR count). The Morgan fingerprint density at radius 1 is 0.696 bits per heavy atom. The maximum absolute atomic E-state index is 11.4. The fourth-order valence-electron chi connectivity index (χ4n) is 1.70. The Balaban J connectivity index is 2.33. The van der Waals surface area contributed by atoms with Crippen molar-refractivity contribution in [3.63, 3.8) is 0 Å². The average Bonchev–Trinajstić information content (AvgIpc) is 2.55. The molecule has 0 saturated carbocycles. The van der Waals surface area contributed by atoms with Gasteiger partial charge in [-0.3, -0.25) is 0 Å². The van der Waals surface area contributed by atoms with Crippen LogP contribution in [0.15, 0.2) is 68.8 Å². The normalized spacial score (nSPS) is 12.2. The maximum atomic E-state index is 11.4. The van der Waals surface area contributed by atoms with Gasteiger partial charge in [-0.1, -0.05) is 0 Å². The Labute approximate surface area is 141 Å². The molecule has 0 bridgehead atoms. The van der Waals surface area contributed by atoms with Gasteiger partial charge < -0.3 is 0 Å². The second kappa shape index (κ2) is 8.23. The third kappa shape index (κ3) is 5.33. The molecule has 2 aromatic rings. The SMILES string of the molecule is O=C(O)[C](=Cc1ccccc1)[Pd][C](=Cc1ccccc1)C(=O)O. The van der Waals surface area contributed by atoms with Crippen molar-refractivity contribution in [1.82, 2.24) is 0 Å². The molecule has 120 valence electrons. The van der Waals surface area contributed by atoms with Gasteiger partial charge >= 0.3 is 142 Å². The number of rotatable bonds is 6. The van der Waals surface area contributed by atoms with Gasteiger partial charge in [0, 0.05) is 0 Å². The van der Waals surface area contributed by atoms with Crippen molar-refractivity contribution in [3.05, 3.63) is 79.9 Å². The predicted molar refractivity (Wildman–Crippen MR) is 84.1 cm³/mol. The van der Waals surface area contributed by atoms with Crippen molar-refractivity contribution in [1.29, 1.82) is 0 Å². The molecular formula is C18H14O4Pd. The van der Waals surface area contributed by atoms with Crippen LogP contribution in [0.4, 0.5) is 0 Å². The molecule has 4 nitrogen and oxygen atoms in total. The molecule has 0 aliphatic heterocycles. The molecule has 0 atom stereocenters. The van der Waals surface area contributed by atoms with Crippen LogP contribution in [-0.4, -0.2) is 22.2 Å². The Kier molecular flexibility index (Phi) is 6.04. The van der Waals surface area contributed by atoms with Gasteiger partial charge in [0.2, 0.25) is 0 Å². The van der Waals surface area contributed by atoms with E-state index in [2.05, 4.69) is 0 Å². The van der Waals surface area contributed by atoms with Crippen molar-refractivity contribution < 1.29 is 37.8 Å². The minimum absolute atomic E-state index is 0.0785. The number of carboxylic acid groups (broad SMARTS) is 2. The average molecular weight is 401 g/mol. The minimum atomic E-state index is -1.11. The van der Waals surface area contributed by atoms with E-state index >= 15 is 0 Å². The number of benzene rings is 2. The zero-order chi connectivity index (χ0) is 16.7. The zero-order valence-corrected chi connectivity index (χ0v) is 13.5. The van der Waals surface area contributed by atoms with Crippen LogP contribution < -0.4 is 0 Å². The number of hydrogen-bond donors (Lipinski definition) is 2. The molecule has 5 heteroatoms. The van der Waals surface area contributed by atoms with E-state index in [0.29, 0.717) is 0 Å². The molecule has 0 amide bonds. The number of aliphatic carboxylic acids is 2. The topological polar surface area (TPSA) is 74.6 Å². The van der Waals surface area contributed by atoms with Crippen LogP contribution >= 0.6 is 0 Å². The summed E-state index contributed by atoms with van der Waals surface area (Å²) in [6.07, 6.45) is 3.02. The third-order valence-electron chi connectivity index (χ3n) is 2.72. The quantitative estimate of drug-likeness (QED) is 0.576. The van der Waals surface area contributed by atoms with Gasteiger partial charge in [-0.2, -0.15) is 0 Å². The summed E-state index contributed by atoms with van der Waals surface area (Å²) in [7, 11) is 0. The summed E-state index contributed by atoms with van der Waals surface area (Å²) in [5.74, 6) is -2.22. The first-order valence-electron chi connectivity index (χ1n) is 6.65. The van der Waals surface area contributed by atoms with E-state index in [1.807, 2.05) is 12.1 Å². The molecular weight excluding hydrogens is 387 g/mol. The molecule has 2 N–H and O–H groups in total. The zero-order valence-electron chi connectivity index (χ0n) is 12.0. The van der Waals surface area contributed by atoms with Crippen LogP contribution in [0.2, 0.25) is 0 Å². The summed E-state index contributed by atoms with van der Waals surface area (Å²) in [6, 6.07) is 18.0. The summed E-state index contributed by atoms with van der Waals surface area (Å²) >= 11 is -0.685. The first-order chi connectivity index (χ1) is 11.1. The van der Waals surface area contributed by atoms with E-state index in [-0.39, 0.29) is 8.09 Å². The molecule has 23 heavy (non-hydrogen) atoms. The van der Waals surface area contributed by atoms with Gasteiger partial charge in [-0.15, -0.1) is 0 Å². The monoisotopic (exact) mass is 400 g/mol. The molecule has 0 spiro atoms. The second-order valence-electron chi connectivity index (χ2n) is 4.43. The van der Waals surface area contributed by atoms with Crippen molar-refractivity contribution in [2.45, 2.75) is 0 Å². The van der Waals surface area contributed by atoms with Crippen LogP contribution in [0, 0.1) is 0 Å². The van der Waals surface area contributed by atoms with Crippen molar-refractivity contribution >= 4 is 24.1 Å². The van der Waals surface area contributed by atoms with E-state index in [9.17, 15) is 19.8 Å². The summed E-state index contributed by atoms with van der Waals surface area (Å²) in [5.41, 5.74) is 1.46. The van der Waals surface area contributed by atoms with Gasteiger partial charge in [0.05, 0.1) is 0 Å². The molecule has 0 saturated heterocycles. The number of carbonyl (C=O) groups is 2. The van der Waals surface area contributed by atoms with Crippen molar-refractivity contribution in [2.75, 3.05) is 0 Å². The Bertz CT molecular complexity index is 684. The van der Waals surface area contributed by atoms with Gasteiger partial charge in [0.1, 0.15) is 0 Å². The summed E-state index contributed by atoms with van der Waals surface area (Å²) < 4.78 is 0.157. The van der Waals surface area contributed by atoms with E-state index in [1.54, 1.807) is 48.5 Å². The molecule has 0 radical (unpaired) electrons. The molecule has 0 aliphatic carbocycles. The second-order valence-corrected chi connectivity index (χ2v) is 6.49. The first-order valence-corrected chi connectivity index (χ1v) is 8.20. The number of hydrogen-bond acceptors (Lipinski definition) is 2. The van der Waals surface area contributed by atoms with Gasteiger partial charge in [-0.25, -0.2) is 0 Å². The summed E-state index contributed by atoms with van der Waals surface area (Å²) in [4.78, 5) is 22.9. The first kappa shape index (κ1) is 16.9. The van der Waals surface area contributed by atoms with Crippen LogP contribution in [0.25, 0.3) is 12.2 Å². The molecule has 0 unspecified atom stereocenters. The third-order valence-corrected chi connectivity index (χ3v) is 4.67. The summed E-state index contributed by atoms with van der Waals surface area (Å²) in [5, 5.41) is 18.7. The molecule has 0 heterocycles. The van der Waals surface area contributed by atoms with E-state index in [1.165, 1.54) is 12.2 Å². The Hall–Kier alpha value is -2.48. The van der Waals surface area contributed by atoms with Crippen molar-refractivity contribution in [3.8, 4) is 0 Å². The Morgan fingerprint density at radius 2 is 1.04 bits per heavy atom.